The summed E-state index contributed by atoms with van der Waals surface area (Å²) in [6, 6.07) is 7.44. The molecule has 1 aliphatic rings. The van der Waals surface area contributed by atoms with Gasteiger partial charge in [0.25, 0.3) is 0 Å². The predicted octanol–water partition coefficient (Wildman–Crippen LogP) is 4.37. The van der Waals surface area contributed by atoms with Crippen molar-refractivity contribution < 1.29 is 0 Å². The van der Waals surface area contributed by atoms with Crippen LogP contribution in [0.2, 0.25) is 5.02 Å². The van der Waals surface area contributed by atoms with E-state index in [1.54, 1.807) is 0 Å². The van der Waals surface area contributed by atoms with Gasteiger partial charge >= 0.3 is 0 Å². The van der Waals surface area contributed by atoms with Gasteiger partial charge in [0.1, 0.15) is 0 Å². The van der Waals surface area contributed by atoms with Crippen LogP contribution in [0.25, 0.3) is 0 Å². The van der Waals surface area contributed by atoms with Crippen LogP contribution in [0.5, 0.6) is 0 Å². The van der Waals surface area contributed by atoms with E-state index in [1.807, 2.05) is 18.2 Å². The third-order valence-electron chi connectivity index (χ3n) is 4.22. The third kappa shape index (κ3) is 3.15. The van der Waals surface area contributed by atoms with Crippen molar-refractivity contribution in [2.45, 2.75) is 51.2 Å². The van der Waals surface area contributed by atoms with Crippen LogP contribution in [0.1, 0.15) is 44.7 Å². The highest BCUT2D eigenvalue weighted by Gasteiger charge is 2.35. The van der Waals surface area contributed by atoms with Gasteiger partial charge in [-0.3, -0.25) is 4.90 Å². The molecule has 0 bridgehead atoms. The highest BCUT2D eigenvalue weighted by Crippen LogP contribution is 2.37. The normalized spacial score (nSPS) is 25.7. The van der Waals surface area contributed by atoms with Crippen molar-refractivity contribution in [1.82, 2.24) is 4.90 Å². The SMILES string of the molecule is CCC1CCC(C)N1C(CN)c1cc(Cl)ccc1Br. The van der Waals surface area contributed by atoms with Gasteiger partial charge in [0.15, 0.2) is 0 Å². The fourth-order valence-electron chi connectivity index (χ4n) is 3.25. The summed E-state index contributed by atoms with van der Waals surface area (Å²) in [6.07, 6.45) is 3.71. The molecule has 3 atom stereocenters. The Balaban J connectivity index is 2.35. The molecule has 0 aromatic heterocycles. The minimum atomic E-state index is 0.246. The van der Waals surface area contributed by atoms with Gasteiger partial charge in [-0.05, 0) is 49.9 Å². The van der Waals surface area contributed by atoms with E-state index in [4.69, 9.17) is 17.3 Å². The quantitative estimate of drug-likeness (QED) is 0.878. The minimum absolute atomic E-state index is 0.246. The van der Waals surface area contributed by atoms with E-state index in [1.165, 1.54) is 24.8 Å². The average molecular weight is 346 g/mol. The van der Waals surface area contributed by atoms with Crippen molar-refractivity contribution in [3.8, 4) is 0 Å². The van der Waals surface area contributed by atoms with Crippen molar-refractivity contribution in [3.63, 3.8) is 0 Å². The summed E-state index contributed by atoms with van der Waals surface area (Å²) in [5.41, 5.74) is 7.29. The van der Waals surface area contributed by atoms with E-state index in [0.717, 1.165) is 9.50 Å². The molecule has 0 aliphatic carbocycles. The maximum absolute atomic E-state index is 6.15. The fourth-order valence-corrected chi connectivity index (χ4v) is 3.94. The van der Waals surface area contributed by atoms with Crippen LogP contribution < -0.4 is 5.73 Å². The van der Waals surface area contributed by atoms with E-state index in [2.05, 4.69) is 34.7 Å². The van der Waals surface area contributed by atoms with Gasteiger partial charge in [0.2, 0.25) is 0 Å². The molecule has 1 aromatic rings. The largest absolute Gasteiger partial charge is 0.329 e. The molecule has 4 heteroatoms. The van der Waals surface area contributed by atoms with Gasteiger partial charge in [-0.15, -0.1) is 0 Å². The average Bonchev–Trinajstić information content (AvgIpc) is 2.76. The van der Waals surface area contributed by atoms with Crippen molar-refractivity contribution in [1.29, 1.82) is 0 Å². The summed E-state index contributed by atoms with van der Waals surface area (Å²) in [7, 11) is 0. The summed E-state index contributed by atoms with van der Waals surface area (Å²) in [6.45, 7) is 5.19. The van der Waals surface area contributed by atoms with Gasteiger partial charge < -0.3 is 5.73 Å². The molecular formula is C15H22BrClN2. The molecule has 2 N–H and O–H groups in total. The summed E-state index contributed by atoms with van der Waals surface area (Å²) in [5.74, 6) is 0. The van der Waals surface area contributed by atoms with Gasteiger partial charge in [-0.25, -0.2) is 0 Å². The number of hydrogen-bond donors (Lipinski definition) is 1. The molecule has 106 valence electrons. The van der Waals surface area contributed by atoms with Crippen molar-refractivity contribution in [3.05, 3.63) is 33.3 Å². The second-order valence-corrected chi connectivity index (χ2v) is 6.64. The first-order valence-corrected chi connectivity index (χ1v) is 8.18. The lowest BCUT2D eigenvalue weighted by atomic mass is 10.0. The molecule has 1 saturated heterocycles. The van der Waals surface area contributed by atoms with Gasteiger partial charge in [0, 0.05) is 34.2 Å². The molecule has 1 aromatic carbocycles. The molecule has 0 radical (unpaired) electrons. The van der Waals surface area contributed by atoms with Gasteiger partial charge in [-0.2, -0.15) is 0 Å². The van der Waals surface area contributed by atoms with Crippen molar-refractivity contribution >= 4 is 27.5 Å². The van der Waals surface area contributed by atoms with Gasteiger partial charge in [0.05, 0.1) is 0 Å². The molecule has 0 saturated carbocycles. The zero-order valence-electron chi connectivity index (χ0n) is 11.6. The van der Waals surface area contributed by atoms with Crippen LogP contribution in [-0.2, 0) is 0 Å². The zero-order valence-corrected chi connectivity index (χ0v) is 13.9. The lowest BCUT2D eigenvalue weighted by Crippen LogP contribution is -2.41. The second-order valence-electron chi connectivity index (χ2n) is 5.35. The first-order valence-electron chi connectivity index (χ1n) is 7.00. The number of hydrogen-bond acceptors (Lipinski definition) is 2. The topological polar surface area (TPSA) is 29.3 Å². The summed E-state index contributed by atoms with van der Waals surface area (Å²) in [4.78, 5) is 2.58. The van der Waals surface area contributed by atoms with E-state index >= 15 is 0 Å². The molecular weight excluding hydrogens is 324 g/mol. The minimum Gasteiger partial charge on any atom is -0.329 e. The highest BCUT2D eigenvalue weighted by atomic mass is 79.9. The lowest BCUT2D eigenvalue weighted by molar-refractivity contribution is 0.136. The lowest BCUT2D eigenvalue weighted by Gasteiger charge is -2.36. The summed E-state index contributed by atoms with van der Waals surface area (Å²) >= 11 is 9.79. The van der Waals surface area contributed by atoms with E-state index in [-0.39, 0.29) is 6.04 Å². The number of nitrogens with zero attached hydrogens (tertiary/aromatic N) is 1. The first kappa shape index (κ1) is 15.3. The van der Waals surface area contributed by atoms with E-state index in [9.17, 15) is 0 Å². The molecule has 1 fully saturated rings. The molecule has 1 aliphatic heterocycles. The van der Waals surface area contributed by atoms with Crippen molar-refractivity contribution in [2.24, 2.45) is 5.73 Å². The van der Waals surface area contributed by atoms with E-state index < -0.39 is 0 Å². The molecule has 2 rings (SSSR count). The third-order valence-corrected chi connectivity index (χ3v) is 5.18. The molecule has 2 nitrogen and oxygen atoms in total. The molecule has 3 unspecified atom stereocenters. The Labute approximate surface area is 129 Å². The standard InChI is InChI=1S/C15H22BrClN2/c1-3-12-6-4-10(2)19(12)15(9-18)13-8-11(17)5-7-14(13)16/h5,7-8,10,12,15H,3-4,6,9,18H2,1-2H3. The molecule has 0 spiro atoms. The maximum Gasteiger partial charge on any atom is 0.0487 e. The van der Waals surface area contributed by atoms with Crippen LogP contribution in [-0.4, -0.2) is 23.5 Å². The molecule has 0 amide bonds. The Bertz CT molecular complexity index is 438. The number of rotatable bonds is 4. The number of benzene rings is 1. The Morgan fingerprint density at radius 2 is 2.21 bits per heavy atom. The number of likely N-dealkylation sites (tertiary alicyclic amines) is 1. The maximum atomic E-state index is 6.15. The van der Waals surface area contributed by atoms with Gasteiger partial charge in [-0.1, -0.05) is 34.5 Å². The molecule has 19 heavy (non-hydrogen) atoms. The van der Waals surface area contributed by atoms with E-state index in [0.29, 0.717) is 18.6 Å². The first-order chi connectivity index (χ1) is 9.08. The van der Waals surface area contributed by atoms with Crippen LogP contribution in [0.3, 0.4) is 0 Å². The van der Waals surface area contributed by atoms with Crippen LogP contribution in [0.15, 0.2) is 22.7 Å². The smallest absolute Gasteiger partial charge is 0.0487 e. The predicted molar refractivity (Wildman–Crippen MR) is 85.6 cm³/mol. The van der Waals surface area contributed by atoms with Crippen LogP contribution in [0, 0.1) is 0 Å². The number of halogens is 2. The number of nitrogens with two attached hydrogens (primary N) is 1. The van der Waals surface area contributed by atoms with Crippen LogP contribution >= 0.6 is 27.5 Å². The molecule has 1 heterocycles. The Morgan fingerprint density at radius 3 is 2.84 bits per heavy atom. The Hall–Kier alpha value is -0.0900. The van der Waals surface area contributed by atoms with Crippen molar-refractivity contribution in [2.75, 3.05) is 6.54 Å². The fraction of sp³-hybridized carbons (Fsp3) is 0.600. The summed E-state index contributed by atoms with van der Waals surface area (Å²) in [5, 5.41) is 0.775. The Kier molecular flexibility index (Phi) is 5.29. The Morgan fingerprint density at radius 1 is 1.47 bits per heavy atom. The second kappa shape index (κ2) is 6.57. The summed E-state index contributed by atoms with van der Waals surface area (Å²) < 4.78 is 1.10. The monoisotopic (exact) mass is 344 g/mol. The van der Waals surface area contributed by atoms with Crippen LogP contribution in [0.4, 0.5) is 0 Å². The highest BCUT2D eigenvalue weighted by molar-refractivity contribution is 9.10. The zero-order chi connectivity index (χ0) is 14.0.